The number of pyridine rings is 1. The summed E-state index contributed by atoms with van der Waals surface area (Å²) < 4.78 is 21.2. The third-order valence-corrected chi connectivity index (χ3v) is 4.24. The summed E-state index contributed by atoms with van der Waals surface area (Å²) in [6.07, 6.45) is 5.62. The molecule has 1 unspecified atom stereocenters. The first-order valence-corrected chi connectivity index (χ1v) is 7.99. The van der Waals surface area contributed by atoms with E-state index in [1.165, 1.54) is 12.1 Å². The standard InChI is InChI=1S/C18H18FN3O/c19-14-8-6-13(7-9-14)12-16-21-15-4-3-10-20-18(15)22(16)17-5-1-2-11-23-17/h3-4,6-10,17H,1-2,5,11-12H2. The first-order chi connectivity index (χ1) is 11.3. The molecule has 0 spiro atoms. The fourth-order valence-electron chi connectivity index (χ4n) is 3.12. The molecule has 23 heavy (non-hydrogen) atoms. The van der Waals surface area contributed by atoms with Crippen molar-refractivity contribution in [3.63, 3.8) is 0 Å². The Hall–Kier alpha value is -2.27. The van der Waals surface area contributed by atoms with Gasteiger partial charge in [0.15, 0.2) is 5.65 Å². The minimum absolute atomic E-state index is 0.0147. The normalized spacial score (nSPS) is 18.4. The number of imidazole rings is 1. The molecule has 0 radical (unpaired) electrons. The van der Waals surface area contributed by atoms with Gasteiger partial charge in [0.2, 0.25) is 0 Å². The number of hydrogen-bond donors (Lipinski definition) is 0. The number of hydrogen-bond acceptors (Lipinski definition) is 3. The van der Waals surface area contributed by atoms with Gasteiger partial charge in [-0.25, -0.2) is 14.4 Å². The SMILES string of the molecule is Fc1ccc(Cc2nc3cccnc3n2C2CCCCO2)cc1. The van der Waals surface area contributed by atoms with Gasteiger partial charge in [-0.05, 0) is 49.1 Å². The Balaban J connectivity index is 1.76. The van der Waals surface area contributed by atoms with Crippen LogP contribution in [0.1, 0.15) is 36.9 Å². The van der Waals surface area contributed by atoms with Gasteiger partial charge in [-0.15, -0.1) is 0 Å². The molecule has 0 amide bonds. The van der Waals surface area contributed by atoms with Crippen LogP contribution in [0.3, 0.4) is 0 Å². The fourth-order valence-corrected chi connectivity index (χ4v) is 3.12. The van der Waals surface area contributed by atoms with Crippen LogP contribution >= 0.6 is 0 Å². The summed E-state index contributed by atoms with van der Waals surface area (Å²) in [5.74, 6) is 0.691. The van der Waals surface area contributed by atoms with Crippen molar-refractivity contribution in [3.8, 4) is 0 Å². The summed E-state index contributed by atoms with van der Waals surface area (Å²) in [6.45, 7) is 0.771. The van der Waals surface area contributed by atoms with Gasteiger partial charge in [-0.1, -0.05) is 12.1 Å². The Bertz CT molecular complexity index is 807. The molecule has 1 fully saturated rings. The highest BCUT2D eigenvalue weighted by atomic mass is 19.1. The molecule has 3 aromatic rings. The predicted octanol–water partition coefficient (Wildman–Crippen LogP) is 3.86. The summed E-state index contributed by atoms with van der Waals surface area (Å²) in [6, 6.07) is 10.4. The molecule has 0 bridgehead atoms. The summed E-state index contributed by atoms with van der Waals surface area (Å²) in [5, 5.41) is 0. The van der Waals surface area contributed by atoms with Crippen LogP contribution in [0.15, 0.2) is 42.6 Å². The zero-order valence-electron chi connectivity index (χ0n) is 12.8. The summed E-state index contributed by atoms with van der Waals surface area (Å²) in [4.78, 5) is 9.23. The molecule has 118 valence electrons. The van der Waals surface area contributed by atoms with Gasteiger partial charge < -0.3 is 4.74 Å². The van der Waals surface area contributed by atoms with Crippen molar-refractivity contribution in [2.24, 2.45) is 0 Å². The third kappa shape index (κ3) is 2.84. The zero-order valence-corrected chi connectivity index (χ0v) is 12.8. The lowest BCUT2D eigenvalue weighted by Crippen LogP contribution is -2.20. The Morgan fingerprint density at radius 1 is 1.17 bits per heavy atom. The third-order valence-electron chi connectivity index (χ3n) is 4.24. The highest BCUT2D eigenvalue weighted by molar-refractivity contribution is 5.71. The highest BCUT2D eigenvalue weighted by Crippen LogP contribution is 2.28. The average molecular weight is 311 g/mol. The second kappa shape index (κ2) is 6.08. The van der Waals surface area contributed by atoms with Crippen LogP contribution in [0.4, 0.5) is 4.39 Å². The Morgan fingerprint density at radius 3 is 2.83 bits per heavy atom. The summed E-state index contributed by atoms with van der Waals surface area (Å²) in [5.41, 5.74) is 2.76. The number of nitrogens with zero attached hydrogens (tertiary/aromatic N) is 3. The molecule has 1 aliphatic rings. The van der Waals surface area contributed by atoms with Crippen LogP contribution in [0.25, 0.3) is 11.2 Å². The van der Waals surface area contributed by atoms with Crippen molar-refractivity contribution in [1.82, 2.24) is 14.5 Å². The number of aromatic nitrogens is 3. The molecule has 1 aliphatic heterocycles. The Kier molecular flexibility index (Phi) is 3.79. The van der Waals surface area contributed by atoms with Gasteiger partial charge in [-0.2, -0.15) is 0 Å². The Labute approximate surface area is 133 Å². The molecular formula is C18H18FN3O. The van der Waals surface area contributed by atoms with Gasteiger partial charge in [0.25, 0.3) is 0 Å². The average Bonchev–Trinajstić information content (AvgIpc) is 2.95. The van der Waals surface area contributed by atoms with E-state index < -0.39 is 0 Å². The fraction of sp³-hybridized carbons (Fsp3) is 0.333. The van der Waals surface area contributed by atoms with E-state index in [0.717, 1.165) is 48.4 Å². The van der Waals surface area contributed by atoms with E-state index in [-0.39, 0.29) is 12.0 Å². The second-order valence-corrected chi connectivity index (χ2v) is 5.87. The van der Waals surface area contributed by atoms with E-state index in [0.29, 0.717) is 6.42 Å². The molecule has 4 rings (SSSR count). The molecular weight excluding hydrogens is 293 g/mol. The van der Waals surface area contributed by atoms with E-state index >= 15 is 0 Å². The molecule has 1 atom stereocenters. The lowest BCUT2D eigenvalue weighted by atomic mass is 10.1. The number of halogens is 1. The lowest BCUT2D eigenvalue weighted by Gasteiger charge is -2.25. The maximum absolute atomic E-state index is 13.1. The smallest absolute Gasteiger partial charge is 0.162 e. The minimum Gasteiger partial charge on any atom is -0.358 e. The van der Waals surface area contributed by atoms with Crippen molar-refractivity contribution >= 4 is 11.2 Å². The van der Waals surface area contributed by atoms with E-state index in [1.54, 1.807) is 18.3 Å². The van der Waals surface area contributed by atoms with Crippen LogP contribution in [-0.2, 0) is 11.2 Å². The van der Waals surface area contributed by atoms with Crippen LogP contribution in [0.5, 0.6) is 0 Å². The van der Waals surface area contributed by atoms with Gasteiger partial charge in [0.05, 0.1) is 0 Å². The van der Waals surface area contributed by atoms with Gasteiger partial charge >= 0.3 is 0 Å². The topological polar surface area (TPSA) is 39.9 Å². The Morgan fingerprint density at radius 2 is 2.04 bits per heavy atom. The first kappa shape index (κ1) is 14.3. The molecule has 3 heterocycles. The van der Waals surface area contributed by atoms with Crippen LogP contribution < -0.4 is 0 Å². The molecule has 0 aliphatic carbocycles. The minimum atomic E-state index is -0.223. The van der Waals surface area contributed by atoms with Crippen molar-refractivity contribution in [3.05, 3.63) is 59.8 Å². The number of ether oxygens (including phenoxy) is 1. The van der Waals surface area contributed by atoms with Gasteiger partial charge in [0.1, 0.15) is 23.4 Å². The largest absolute Gasteiger partial charge is 0.358 e. The number of benzene rings is 1. The summed E-state index contributed by atoms with van der Waals surface area (Å²) in [7, 11) is 0. The molecule has 2 aromatic heterocycles. The quantitative estimate of drug-likeness (QED) is 0.737. The monoisotopic (exact) mass is 311 g/mol. The maximum Gasteiger partial charge on any atom is 0.162 e. The van der Waals surface area contributed by atoms with Crippen LogP contribution in [0.2, 0.25) is 0 Å². The molecule has 0 N–H and O–H groups in total. The maximum atomic E-state index is 13.1. The van der Waals surface area contributed by atoms with Crippen molar-refractivity contribution in [2.75, 3.05) is 6.61 Å². The predicted molar refractivity (Wildman–Crippen MR) is 85.6 cm³/mol. The van der Waals surface area contributed by atoms with Crippen LogP contribution in [-0.4, -0.2) is 21.1 Å². The second-order valence-electron chi connectivity index (χ2n) is 5.87. The van der Waals surface area contributed by atoms with E-state index in [1.807, 2.05) is 12.1 Å². The molecule has 1 aromatic carbocycles. The molecule has 4 nitrogen and oxygen atoms in total. The zero-order chi connectivity index (χ0) is 15.6. The number of fused-ring (bicyclic) bond motifs is 1. The highest BCUT2D eigenvalue weighted by Gasteiger charge is 2.22. The van der Waals surface area contributed by atoms with E-state index in [9.17, 15) is 4.39 Å². The van der Waals surface area contributed by atoms with Crippen molar-refractivity contribution in [1.29, 1.82) is 0 Å². The summed E-state index contributed by atoms with van der Waals surface area (Å²) >= 11 is 0. The van der Waals surface area contributed by atoms with Crippen LogP contribution in [0, 0.1) is 5.82 Å². The van der Waals surface area contributed by atoms with Gasteiger partial charge in [-0.3, -0.25) is 4.57 Å². The molecule has 0 saturated carbocycles. The van der Waals surface area contributed by atoms with E-state index in [4.69, 9.17) is 9.72 Å². The van der Waals surface area contributed by atoms with Crippen molar-refractivity contribution < 1.29 is 9.13 Å². The first-order valence-electron chi connectivity index (χ1n) is 7.99. The van der Waals surface area contributed by atoms with Gasteiger partial charge in [0, 0.05) is 19.2 Å². The van der Waals surface area contributed by atoms with E-state index in [2.05, 4.69) is 9.55 Å². The van der Waals surface area contributed by atoms with Crippen molar-refractivity contribution in [2.45, 2.75) is 31.9 Å². The molecule has 5 heteroatoms. The lowest BCUT2D eigenvalue weighted by molar-refractivity contribution is -0.0311. The molecule has 1 saturated heterocycles. The number of rotatable bonds is 3.